The van der Waals surface area contributed by atoms with Gasteiger partial charge in [0.2, 0.25) is 33.4 Å². The van der Waals surface area contributed by atoms with Crippen molar-refractivity contribution in [3.8, 4) is 11.6 Å². The number of hydrogen-bond donors (Lipinski definition) is 3. The van der Waals surface area contributed by atoms with Crippen LogP contribution in [0.15, 0.2) is 24.3 Å². The van der Waals surface area contributed by atoms with E-state index in [0.29, 0.717) is 37.7 Å². The van der Waals surface area contributed by atoms with Crippen LogP contribution < -0.4 is 19.5 Å². The summed E-state index contributed by atoms with van der Waals surface area (Å²) in [5, 5.41) is 12.9. The second kappa shape index (κ2) is 16.0. The Hall–Kier alpha value is -4.96. The average Bonchev–Trinajstić information content (AvgIpc) is 4.03. The number of nitrogens with zero attached hydrogens (tertiary/aromatic N) is 4. The van der Waals surface area contributed by atoms with Crippen LogP contribution in [-0.4, -0.2) is 111 Å². The first-order valence-corrected chi connectivity index (χ1v) is 21.3. The van der Waals surface area contributed by atoms with Gasteiger partial charge in [0.05, 0.1) is 29.4 Å². The molecule has 0 spiro atoms. The number of ether oxygens (including phenoxy) is 2. The molecule has 0 bridgehead atoms. The quantitative estimate of drug-likeness (QED) is 0.217. The van der Waals surface area contributed by atoms with Gasteiger partial charge in [0.15, 0.2) is 11.6 Å². The number of nitrogens with one attached hydrogen (secondary N) is 2. The Kier molecular flexibility index (Phi) is 12.0. The highest BCUT2D eigenvalue weighted by Crippen LogP contribution is 2.48. The maximum Gasteiger partial charge on any atom is 0.438 e. The van der Waals surface area contributed by atoms with Crippen molar-refractivity contribution in [3.05, 3.63) is 35.8 Å². The van der Waals surface area contributed by atoms with Gasteiger partial charge in [-0.25, -0.2) is 27.6 Å². The van der Waals surface area contributed by atoms with Gasteiger partial charge in [-0.05, 0) is 71.1 Å². The van der Waals surface area contributed by atoms with E-state index in [4.69, 9.17) is 9.47 Å². The van der Waals surface area contributed by atoms with E-state index in [1.807, 2.05) is 0 Å². The van der Waals surface area contributed by atoms with Crippen molar-refractivity contribution in [2.24, 2.45) is 17.8 Å². The van der Waals surface area contributed by atoms with Gasteiger partial charge in [-0.15, -0.1) is 0 Å². The molecule has 1 aromatic carbocycles. The molecule has 1 aromatic heterocycles. The Balaban J connectivity index is 1.46. The molecule has 0 unspecified atom stereocenters. The monoisotopic (exact) mass is 908 g/mol. The normalized spacial score (nSPS) is 28.2. The summed E-state index contributed by atoms with van der Waals surface area (Å²) in [4.78, 5) is 64.4. The first-order valence-electron chi connectivity index (χ1n) is 19.8. The van der Waals surface area contributed by atoms with Gasteiger partial charge in [0.1, 0.15) is 29.3 Å². The molecule has 4 amide bonds. The van der Waals surface area contributed by atoms with Gasteiger partial charge in [0.25, 0.3) is 5.91 Å². The number of aromatic nitrogens is 2. The van der Waals surface area contributed by atoms with Gasteiger partial charge < -0.3 is 24.8 Å². The minimum absolute atomic E-state index is 0.00464. The summed E-state index contributed by atoms with van der Waals surface area (Å²) < 4.78 is 140. The van der Waals surface area contributed by atoms with Gasteiger partial charge in [-0.2, -0.15) is 26.3 Å². The summed E-state index contributed by atoms with van der Waals surface area (Å²) in [5.41, 5.74) is -7.71. The number of methoxy groups -OCH3 is 1. The summed E-state index contributed by atoms with van der Waals surface area (Å²) in [6.45, 7) is 4.86. The molecule has 7 atom stereocenters. The summed E-state index contributed by atoms with van der Waals surface area (Å²) in [6.07, 6.45) is -10.5. The zero-order valence-electron chi connectivity index (χ0n) is 34.5. The molecule has 4 aliphatic rings. The molecule has 3 fully saturated rings. The highest BCUT2D eigenvalue weighted by molar-refractivity contribution is 7.91. The summed E-state index contributed by atoms with van der Waals surface area (Å²) >= 11 is 0. The number of halogens is 7. The number of carbonyl (C=O) groups excluding carboxylic acids is 3. The van der Waals surface area contributed by atoms with Crippen molar-refractivity contribution in [2.45, 2.75) is 126 Å². The SMILES string of the molecule is COc1cc2nc(O[C@@H]3C[C@H]4C(=O)N[C@]5(C(=O)NS(=O)(=O)C6(C)CC6)C[C@H]5C=CCC[C@H](C)C[C@@H](C)[C@H](N(C(=O)O)C(C)(C)C(F)(F)F)C(=O)N4C3)c(C(F)(F)F)nc2cc1F. The van der Waals surface area contributed by atoms with Crippen molar-refractivity contribution in [1.82, 2.24) is 29.8 Å². The molecular formula is C39H47F7N6O9S. The van der Waals surface area contributed by atoms with Crippen LogP contribution in [0.5, 0.6) is 11.6 Å². The van der Waals surface area contributed by atoms with E-state index in [1.165, 1.54) is 13.8 Å². The minimum Gasteiger partial charge on any atom is -0.494 e. The van der Waals surface area contributed by atoms with E-state index in [1.54, 1.807) is 19.1 Å². The predicted octanol–water partition coefficient (Wildman–Crippen LogP) is 5.72. The molecule has 23 heteroatoms. The molecule has 342 valence electrons. The van der Waals surface area contributed by atoms with Gasteiger partial charge in [-0.3, -0.25) is 24.0 Å². The topological polar surface area (TPSA) is 197 Å². The summed E-state index contributed by atoms with van der Waals surface area (Å²) in [6, 6.07) is -2.37. The minimum atomic E-state index is -5.27. The van der Waals surface area contributed by atoms with Crippen LogP contribution in [0.4, 0.5) is 35.5 Å². The van der Waals surface area contributed by atoms with Crippen molar-refractivity contribution in [2.75, 3.05) is 13.7 Å². The molecule has 2 aliphatic carbocycles. The molecular weight excluding hydrogens is 862 g/mol. The number of amides is 4. The Morgan fingerprint density at radius 2 is 1.69 bits per heavy atom. The number of sulfonamides is 1. The van der Waals surface area contributed by atoms with E-state index < -0.39 is 134 Å². The molecule has 2 aliphatic heterocycles. The van der Waals surface area contributed by atoms with E-state index in [2.05, 4.69) is 20.0 Å². The largest absolute Gasteiger partial charge is 0.494 e. The molecule has 0 radical (unpaired) electrons. The van der Waals surface area contributed by atoms with Crippen LogP contribution in [0.1, 0.15) is 85.3 Å². The maximum absolute atomic E-state index is 14.9. The molecule has 3 heterocycles. The predicted molar refractivity (Wildman–Crippen MR) is 204 cm³/mol. The van der Waals surface area contributed by atoms with E-state index in [0.717, 1.165) is 13.2 Å². The Morgan fingerprint density at radius 1 is 1.05 bits per heavy atom. The molecule has 3 N–H and O–H groups in total. The molecule has 2 aromatic rings. The summed E-state index contributed by atoms with van der Waals surface area (Å²) in [5.74, 6) is -8.45. The van der Waals surface area contributed by atoms with Gasteiger partial charge in [0, 0.05) is 24.5 Å². The zero-order valence-corrected chi connectivity index (χ0v) is 35.3. The number of alkyl halides is 6. The third-order valence-electron chi connectivity index (χ3n) is 12.4. The fraction of sp³-hybridized carbons (Fsp3) is 0.641. The fourth-order valence-electron chi connectivity index (χ4n) is 8.21. The molecule has 15 nitrogen and oxygen atoms in total. The van der Waals surface area contributed by atoms with Crippen LogP contribution in [0.25, 0.3) is 11.0 Å². The van der Waals surface area contributed by atoms with Crippen LogP contribution in [0.2, 0.25) is 0 Å². The van der Waals surface area contributed by atoms with Crippen molar-refractivity contribution in [3.63, 3.8) is 0 Å². The van der Waals surface area contributed by atoms with Crippen LogP contribution >= 0.6 is 0 Å². The smallest absolute Gasteiger partial charge is 0.438 e. The van der Waals surface area contributed by atoms with E-state index in [-0.39, 0.29) is 42.0 Å². The number of hydrogen-bond acceptors (Lipinski definition) is 10. The summed E-state index contributed by atoms with van der Waals surface area (Å²) in [7, 11) is -3.15. The number of carbonyl (C=O) groups is 4. The second-order valence-corrected chi connectivity index (χ2v) is 19.7. The van der Waals surface area contributed by atoms with Crippen LogP contribution in [0, 0.1) is 23.6 Å². The lowest BCUT2D eigenvalue weighted by atomic mass is 9.85. The van der Waals surface area contributed by atoms with Crippen LogP contribution in [0.3, 0.4) is 0 Å². The second-order valence-electron chi connectivity index (χ2n) is 17.5. The fourth-order valence-corrected chi connectivity index (χ4v) is 9.52. The number of allylic oxidation sites excluding steroid dienone is 1. The first-order chi connectivity index (χ1) is 28.6. The number of rotatable bonds is 8. The standard InChI is InChI=1S/C39H47F7N6O9S/c1-19-9-7-8-10-21-17-37(21,33(55)50-62(58,59)36(5)11-12-36)49-30(53)26-14-22(61-31-29(38(41,42)43)47-24-15-23(40)27(60-6)16-25(24)48-31)18-51(26)32(54)28(20(2)13-19)52(34(56)57)35(3,4)39(44,45)46/h8,10,15-16,19-22,26,28H,7,9,11-14,17-18H2,1-6H3,(H,49,53)(H,50,55)(H,56,57)/t19-,20+,21+,22+,26-,28-,37+/m0/s1. The van der Waals surface area contributed by atoms with E-state index in [9.17, 15) is 63.4 Å². The maximum atomic E-state index is 14.9. The van der Waals surface area contributed by atoms with Crippen LogP contribution in [-0.2, 0) is 30.6 Å². The third-order valence-corrected chi connectivity index (χ3v) is 14.6. The van der Waals surface area contributed by atoms with E-state index >= 15 is 0 Å². The molecule has 2 saturated carbocycles. The van der Waals surface area contributed by atoms with Crippen molar-refractivity contribution >= 4 is 44.9 Å². The lowest BCUT2D eigenvalue weighted by molar-refractivity contribution is -0.222. The number of carboxylic acid groups (broad SMARTS) is 1. The molecule has 1 saturated heterocycles. The first kappa shape index (κ1) is 46.5. The van der Waals surface area contributed by atoms with Gasteiger partial charge in [-0.1, -0.05) is 26.0 Å². The Labute approximate surface area is 351 Å². The highest BCUT2D eigenvalue weighted by Gasteiger charge is 2.64. The Morgan fingerprint density at radius 3 is 2.27 bits per heavy atom. The average molecular weight is 909 g/mol. The van der Waals surface area contributed by atoms with Crippen molar-refractivity contribution in [1.29, 1.82) is 0 Å². The molecule has 6 rings (SSSR count). The lowest BCUT2D eigenvalue weighted by Crippen LogP contribution is -2.66. The highest BCUT2D eigenvalue weighted by atomic mass is 32.2. The Bertz CT molecular complexity index is 2290. The van der Waals surface area contributed by atoms with Gasteiger partial charge >= 0.3 is 18.4 Å². The number of benzene rings is 1. The third kappa shape index (κ3) is 8.69. The van der Waals surface area contributed by atoms with Crippen molar-refractivity contribution < 1.29 is 72.9 Å². The zero-order chi connectivity index (χ0) is 46.1. The lowest BCUT2D eigenvalue weighted by Gasteiger charge is -2.45. The number of fused-ring (bicyclic) bond motifs is 3. The molecule has 62 heavy (non-hydrogen) atoms.